The van der Waals surface area contributed by atoms with Gasteiger partial charge < -0.3 is 14.7 Å². The van der Waals surface area contributed by atoms with Crippen LogP contribution in [0, 0.1) is 11.6 Å². The number of hydrogen-bond acceptors (Lipinski definition) is 4. The zero-order valence-corrected chi connectivity index (χ0v) is 22.3. The molecule has 1 saturated carbocycles. The summed E-state index contributed by atoms with van der Waals surface area (Å²) in [6.45, 7) is 0.226. The molecular weight excluding hydrogens is 532 g/mol. The van der Waals surface area contributed by atoms with Gasteiger partial charge in [-0.15, -0.1) is 11.8 Å². The fourth-order valence-electron chi connectivity index (χ4n) is 4.94. The van der Waals surface area contributed by atoms with Gasteiger partial charge in [0.2, 0.25) is 0 Å². The lowest BCUT2D eigenvalue weighted by molar-refractivity contribution is -0.139. The smallest absolute Gasteiger partial charge is 0.326 e. The molecule has 11 heteroatoms. The van der Waals surface area contributed by atoms with E-state index < -0.39 is 25.8 Å². The lowest BCUT2D eigenvalue weighted by Gasteiger charge is -2.30. The van der Waals surface area contributed by atoms with Crippen LogP contribution in [-0.2, 0) is 27.2 Å². The predicted octanol–water partition coefficient (Wildman–Crippen LogP) is 7.64. The van der Waals surface area contributed by atoms with Crippen molar-refractivity contribution in [2.45, 2.75) is 74.4 Å². The Morgan fingerprint density at radius 1 is 1.05 bits per heavy atom. The number of hydrogen-bond donors (Lipinski definition) is 2. The van der Waals surface area contributed by atoms with Gasteiger partial charge in [-0.1, -0.05) is 31.4 Å². The van der Waals surface area contributed by atoms with Gasteiger partial charge >= 0.3 is 14.4 Å². The third-order valence-corrected chi connectivity index (χ3v) is 8.41. The third kappa shape index (κ3) is 9.06. The van der Waals surface area contributed by atoms with Gasteiger partial charge in [0.1, 0.15) is 11.6 Å². The molecule has 1 atom stereocenters. The van der Waals surface area contributed by atoms with Crippen molar-refractivity contribution in [3.63, 3.8) is 0 Å². The highest BCUT2D eigenvalue weighted by atomic mass is 32.2. The van der Waals surface area contributed by atoms with Gasteiger partial charge in [-0.05, 0) is 79.6 Å². The average Bonchev–Trinajstić information content (AvgIpc) is 3.31. The quantitative estimate of drug-likeness (QED) is 0.107. The first kappa shape index (κ1) is 30.1. The standard InChI is InChI=1S/C26H33F5NO3PS/c27-21-8-6-20(7-9-21)25(10-1-2-11-25)12-3-4-15-37-24-17-23(28)19(16-22(24)26(29,30)31)18-32-13-5-14-35-36(33)34/h6-9,16-17,32,36H,1-5,10-15,18H2,(H,33,34). The minimum atomic E-state index is -4.61. The largest absolute Gasteiger partial charge is 0.417 e. The Kier molecular flexibility index (Phi) is 11.5. The summed E-state index contributed by atoms with van der Waals surface area (Å²) in [6, 6.07) is 8.46. The monoisotopic (exact) mass is 565 g/mol. The zero-order chi connectivity index (χ0) is 26.9. The molecule has 0 aromatic heterocycles. The summed E-state index contributed by atoms with van der Waals surface area (Å²) in [7, 11) is -3.02. The lowest BCUT2D eigenvalue weighted by Crippen LogP contribution is -2.22. The second-order valence-corrected chi connectivity index (χ2v) is 11.3. The Hall–Kier alpha value is -1.45. The molecule has 1 fully saturated rings. The van der Waals surface area contributed by atoms with Gasteiger partial charge in [0.15, 0.2) is 0 Å². The molecule has 0 aliphatic heterocycles. The number of rotatable bonds is 14. The molecule has 1 unspecified atom stereocenters. The van der Waals surface area contributed by atoms with Crippen LogP contribution >= 0.6 is 20.0 Å². The minimum Gasteiger partial charge on any atom is -0.326 e. The number of nitrogens with one attached hydrogen (secondary N) is 1. The van der Waals surface area contributed by atoms with Crippen molar-refractivity contribution in [1.82, 2.24) is 5.32 Å². The molecule has 1 aliphatic rings. The first-order valence-electron chi connectivity index (χ1n) is 12.5. The molecule has 0 spiro atoms. The van der Waals surface area contributed by atoms with E-state index in [2.05, 4.69) is 9.84 Å². The van der Waals surface area contributed by atoms with Crippen molar-refractivity contribution in [3.8, 4) is 0 Å². The van der Waals surface area contributed by atoms with Crippen molar-refractivity contribution >= 4 is 20.0 Å². The number of alkyl halides is 3. The Morgan fingerprint density at radius 2 is 1.76 bits per heavy atom. The molecule has 37 heavy (non-hydrogen) atoms. The molecule has 0 radical (unpaired) electrons. The number of thioether (sulfide) groups is 1. The summed E-state index contributed by atoms with van der Waals surface area (Å²) >= 11 is 1.02. The van der Waals surface area contributed by atoms with Gasteiger partial charge in [0, 0.05) is 17.0 Å². The molecule has 0 amide bonds. The third-order valence-electron chi connectivity index (χ3n) is 6.82. The van der Waals surface area contributed by atoms with Crippen molar-refractivity contribution in [2.75, 3.05) is 18.9 Å². The SMILES string of the molecule is O=[PH](O)OCCCNCc1cc(C(F)(F)F)c(SCCCCC2(c3ccc(F)cc3)CCCC2)cc1F. The minimum absolute atomic E-state index is 0.00140. The summed E-state index contributed by atoms with van der Waals surface area (Å²) < 4.78 is 84.2. The fraction of sp³-hybridized carbons (Fsp3) is 0.538. The Morgan fingerprint density at radius 3 is 2.41 bits per heavy atom. The van der Waals surface area contributed by atoms with E-state index in [1.807, 2.05) is 12.1 Å². The highest BCUT2D eigenvalue weighted by Crippen LogP contribution is 2.45. The first-order chi connectivity index (χ1) is 17.6. The maximum absolute atomic E-state index is 14.6. The summed E-state index contributed by atoms with van der Waals surface area (Å²) in [6.07, 6.45) is 2.44. The van der Waals surface area contributed by atoms with Crippen LogP contribution in [0.4, 0.5) is 22.0 Å². The number of halogens is 5. The Balaban J connectivity index is 1.54. The van der Waals surface area contributed by atoms with E-state index in [9.17, 15) is 26.5 Å². The van der Waals surface area contributed by atoms with E-state index in [-0.39, 0.29) is 34.8 Å². The molecular formula is C26H33F5NO3PS. The molecule has 0 bridgehead atoms. The van der Waals surface area contributed by atoms with Crippen LogP contribution in [-0.4, -0.2) is 23.8 Å². The van der Waals surface area contributed by atoms with E-state index >= 15 is 0 Å². The van der Waals surface area contributed by atoms with E-state index in [0.29, 0.717) is 25.1 Å². The van der Waals surface area contributed by atoms with E-state index in [4.69, 9.17) is 4.89 Å². The maximum atomic E-state index is 14.6. The molecule has 0 saturated heterocycles. The molecule has 0 heterocycles. The normalized spacial score (nSPS) is 16.3. The van der Waals surface area contributed by atoms with Crippen LogP contribution < -0.4 is 5.32 Å². The van der Waals surface area contributed by atoms with Gasteiger partial charge in [0.05, 0.1) is 12.2 Å². The molecule has 2 aromatic rings. The fourth-order valence-corrected chi connectivity index (χ4v) is 6.35. The number of benzene rings is 2. The molecule has 3 rings (SSSR count). The van der Waals surface area contributed by atoms with Crippen LogP contribution in [0.15, 0.2) is 41.3 Å². The highest BCUT2D eigenvalue weighted by molar-refractivity contribution is 7.99. The number of unbranched alkanes of at least 4 members (excludes halogenated alkanes) is 1. The van der Waals surface area contributed by atoms with E-state index in [0.717, 1.165) is 68.0 Å². The second kappa shape index (κ2) is 14.1. The second-order valence-electron chi connectivity index (χ2n) is 9.38. The molecule has 4 nitrogen and oxygen atoms in total. The summed E-state index contributed by atoms with van der Waals surface area (Å²) in [4.78, 5) is 8.48. The van der Waals surface area contributed by atoms with Crippen LogP contribution in [0.5, 0.6) is 0 Å². The van der Waals surface area contributed by atoms with Crippen molar-refractivity contribution in [3.05, 3.63) is 64.7 Å². The maximum Gasteiger partial charge on any atom is 0.417 e. The molecule has 1 aliphatic carbocycles. The van der Waals surface area contributed by atoms with Crippen LogP contribution in [0.2, 0.25) is 0 Å². The van der Waals surface area contributed by atoms with Gasteiger partial charge in [-0.3, -0.25) is 4.57 Å². The van der Waals surface area contributed by atoms with Gasteiger partial charge in [-0.25, -0.2) is 8.78 Å². The van der Waals surface area contributed by atoms with Gasteiger partial charge in [0.25, 0.3) is 0 Å². The van der Waals surface area contributed by atoms with Crippen LogP contribution in [0.3, 0.4) is 0 Å². The van der Waals surface area contributed by atoms with E-state index in [1.54, 1.807) is 0 Å². The first-order valence-corrected chi connectivity index (χ1v) is 14.7. The summed E-state index contributed by atoms with van der Waals surface area (Å²) in [5.74, 6) is -0.538. The lowest BCUT2D eigenvalue weighted by atomic mass is 9.75. The van der Waals surface area contributed by atoms with Crippen molar-refractivity contribution in [2.24, 2.45) is 0 Å². The summed E-state index contributed by atoms with van der Waals surface area (Å²) in [5.41, 5.74) is 0.187. The average molecular weight is 566 g/mol. The van der Waals surface area contributed by atoms with Crippen LogP contribution in [0.1, 0.15) is 68.1 Å². The Bertz CT molecular complexity index is 1030. The van der Waals surface area contributed by atoms with Crippen molar-refractivity contribution in [1.29, 1.82) is 0 Å². The molecule has 206 valence electrons. The topological polar surface area (TPSA) is 58.6 Å². The van der Waals surface area contributed by atoms with Crippen LogP contribution in [0.25, 0.3) is 0 Å². The Labute approximate surface area is 219 Å². The molecule has 2 aromatic carbocycles. The highest BCUT2D eigenvalue weighted by Gasteiger charge is 2.36. The predicted molar refractivity (Wildman–Crippen MR) is 136 cm³/mol. The van der Waals surface area contributed by atoms with Gasteiger partial charge in [-0.2, -0.15) is 13.2 Å². The summed E-state index contributed by atoms with van der Waals surface area (Å²) in [5, 5.41) is 2.83. The van der Waals surface area contributed by atoms with E-state index in [1.165, 1.54) is 12.1 Å². The zero-order valence-electron chi connectivity index (χ0n) is 20.5. The van der Waals surface area contributed by atoms with Crippen molar-refractivity contribution < 1.29 is 35.9 Å². The molecule has 2 N–H and O–H groups in total.